The van der Waals surface area contributed by atoms with Gasteiger partial charge in [0.25, 0.3) is 22.6 Å². The molecule has 47 heavy (non-hydrogen) atoms. The Kier molecular flexibility index (Phi) is 9.60. The minimum Gasteiger partial charge on any atom is -0.489 e. The van der Waals surface area contributed by atoms with Crippen molar-refractivity contribution in [2.45, 2.75) is 32.9 Å². The largest absolute Gasteiger partial charge is 0.489 e. The summed E-state index contributed by atoms with van der Waals surface area (Å²) in [6, 6.07) is 10.4. The highest BCUT2D eigenvalue weighted by Gasteiger charge is 2.22. The maximum Gasteiger partial charge on any atom is 0.354 e. The van der Waals surface area contributed by atoms with Crippen molar-refractivity contribution in [2.24, 2.45) is 5.73 Å². The summed E-state index contributed by atoms with van der Waals surface area (Å²) in [7, 11) is 1.39. The van der Waals surface area contributed by atoms with E-state index in [1.165, 1.54) is 24.8 Å². The average Bonchev–Trinajstić information content (AvgIpc) is 3.63. The number of benzene rings is 2. The van der Waals surface area contributed by atoms with Crippen molar-refractivity contribution < 1.29 is 33.7 Å². The van der Waals surface area contributed by atoms with Gasteiger partial charge in [-0.25, -0.2) is 19.0 Å². The molecule has 0 saturated carbocycles. The molecule has 0 aliphatic heterocycles. The van der Waals surface area contributed by atoms with Crippen LogP contribution in [0, 0.1) is 5.82 Å². The van der Waals surface area contributed by atoms with E-state index in [9.17, 15) is 38.6 Å². The standard InChI is InChI=1S/C18H12FN7O6.C11H13NO2.CH4/c19-7-2-1-6(3-8(7)22-12-11(20)13(27)14(12)28)5-21-16(29)9-4-10(18(31)32)26-15(23-9)17(30)24-25-26;1-14-11(13)8-2-4-9-7(6-8)3-5-10(9)12;/h1-4,22,30H,5,20H2,(H,21,29)(H,31,32);2,4,6,10H,3,5,12H2,1H3;1H4/t;10-;/m.0./s1. The van der Waals surface area contributed by atoms with Gasteiger partial charge in [-0.05, 0) is 53.8 Å². The minimum absolute atomic E-state index is 0. The topological polar surface area (TPSA) is 254 Å². The predicted molar refractivity (Wildman–Crippen MR) is 166 cm³/mol. The van der Waals surface area contributed by atoms with Gasteiger partial charge >= 0.3 is 11.9 Å². The maximum atomic E-state index is 14.1. The summed E-state index contributed by atoms with van der Waals surface area (Å²) in [5.41, 5.74) is 11.2. The lowest BCUT2D eigenvalue weighted by Gasteiger charge is -2.12. The number of nitrogens with one attached hydrogen (secondary N) is 2. The number of esters is 1. The third kappa shape index (κ3) is 6.59. The van der Waals surface area contributed by atoms with Gasteiger partial charge in [0.15, 0.2) is 5.69 Å². The summed E-state index contributed by atoms with van der Waals surface area (Å²) in [5.74, 6) is -3.89. The number of halogens is 1. The highest BCUT2D eigenvalue weighted by Crippen LogP contribution is 2.30. The van der Waals surface area contributed by atoms with Gasteiger partial charge in [0.1, 0.15) is 22.9 Å². The van der Waals surface area contributed by atoms with Crippen molar-refractivity contribution in [3.8, 4) is 5.88 Å². The molecule has 0 bridgehead atoms. The molecule has 2 heterocycles. The Bertz CT molecular complexity index is 2100. The van der Waals surface area contributed by atoms with Gasteiger partial charge in [0, 0.05) is 18.7 Å². The molecule has 0 unspecified atom stereocenters. The van der Waals surface area contributed by atoms with Gasteiger partial charge < -0.3 is 37.1 Å². The number of carbonyl (C=O) groups excluding carboxylic acids is 2. The van der Waals surface area contributed by atoms with Crippen LogP contribution in [0.3, 0.4) is 0 Å². The number of aromatic carboxylic acids is 1. The minimum atomic E-state index is -1.43. The Hall–Kier alpha value is -6.23. The third-order valence-electron chi connectivity index (χ3n) is 7.19. The number of amides is 1. The molecule has 0 radical (unpaired) electrons. The molecule has 6 rings (SSSR count). The van der Waals surface area contributed by atoms with Gasteiger partial charge in [-0.2, -0.15) is 4.52 Å². The molecule has 8 N–H and O–H groups in total. The summed E-state index contributed by atoms with van der Waals surface area (Å²) < 4.78 is 19.5. The van der Waals surface area contributed by atoms with Gasteiger partial charge in [-0.15, -0.1) is 0 Å². The predicted octanol–water partition coefficient (Wildman–Crippen LogP) is 1.57. The second-order valence-electron chi connectivity index (χ2n) is 10.1. The van der Waals surface area contributed by atoms with Gasteiger partial charge in [0.05, 0.1) is 18.4 Å². The van der Waals surface area contributed by atoms with Crippen LogP contribution in [0.15, 0.2) is 52.1 Å². The van der Waals surface area contributed by atoms with Crippen LogP contribution in [0.5, 0.6) is 5.88 Å². The van der Waals surface area contributed by atoms with E-state index in [2.05, 4.69) is 30.7 Å². The molecule has 2 aromatic heterocycles. The number of fused-ring (bicyclic) bond motifs is 2. The van der Waals surface area contributed by atoms with Crippen molar-refractivity contribution in [1.82, 2.24) is 25.1 Å². The first-order valence-corrected chi connectivity index (χ1v) is 13.5. The molecule has 17 heteroatoms. The molecule has 5 aromatic rings. The number of rotatable bonds is 7. The van der Waals surface area contributed by atoms with Gasteiger partial charge in [0.2, 0.25) is 5.65 Å². The van der Waals surface area contributed by atoms with Crippen LogP contribution >= 0.6 is 0 Å². The number of nitrogen functional groups attached to an aromatic ring is 1. The second-order valence-corrected chi connectivity index (χ2v) is 10.1. The van der Waals surface area contributed by atoms with Crippen molar-refractivity contribution in [3.63, 3.8) is 0 Å². The number of anilines is 3. The number of carboxylic acids is 1. The molecule has 1 aliphatic carbocycles. The molecule has 244 valence electrons. The zero-order valence-corrected chi connectivity index (χ0v) is 23.9. The highest BCUT2D eigenvalue weighted by molar-refractivity contribution is 5.96. The lowest BCUT2D eigenvalue weighted by molar-refractivity contribution is 0.0599. The van der Waals surface area contributed by atoms with E-state index in [-0.39, 0.29) is 54.4 Å². The molecule has 3 aromatic carbocycles. The first-order chi connectivity index (χ1) is 21.9. The van der Waals surface area contributed by atoms with E-state index < -0.39 is 40.1 Å². The number of hydrogen-bond acceptors (Lipinski definition) is 13. The molecule has 1 amide bonds. The number of carboxylic acid groups (broad SMARTS) is 1. The summed E-state index contributed by atoms with van der Waals surface area (Å²) in [6.07, 6.45) is 1.93. The number of nitrogens with zero attached hydrogens (tertiary/aromatic N) is 4. The maximum absolute atomic E-state index is 14.1. The molecule has 16 nitrogen and oxygen atoms in total. The first-order valence-electron chi connectivity index (χ1n) is 13.5. The summed E-state index contributed by atoms with van der Waals surface area (Å²) in [5, 5.41) is 30.6. The monoisotopic (exact) mass is 648 g/mol. The van der Waals surface area contributed by atoms with E-state index in [0.29, 0.717) is 11.1 Å². The van der Waals surface area contributed by atoms with Crippen LogP contribution in [0.25, 0.3) is 5.65 Å². The van der Waals surface area contributed by atoms with Crippen LogP contribution in [0.2, 0.25) is 0 Å². The Morgan fingerprint density at radius 1 is 1.13 bits per heavy atom. The van der Waals surface area contributed by atoms with E-state index in [4.69, 9.17) is 11.5 Å². The molecular weight excluding hydrogens is 619 g/mol. The summed E-state index contributed by atoms with van der Waals surface area (Å²) in [6.45, 7) is -0.131. The fraction of sp³-hybridized carbons (Fsp3) is 0.200. The van der Waals surface area contributed by atoms with Crippen molar-refractivity contribution in [2.75, 3.05) is 18.2 Å². The normalized spacial score (nSPS) is 13.2. The molecule has 1 aliphatic rings. The van der Waals surface area contributed by atoms with Gasteiger partial charge in [-0.1, -0.05) is 29.9 Å². The number of methoxy groups -OCH3 is 1. The molecular formula is C30H29FN8O8. The van der Waals surface area contributed by atoms with E-state index in [0.717, 1.165) is 35.1 Å². The lowest BCUT2D eigenvalue weighted by Crippen LogP contribution is -2.36. The lowest BCUT2D eigenvalue weighted by atomic mass is 10.1. The molecule has 0 saturated heterocycles. The van der Waals surface area contributed by atoms with E-state index in [1.807, 2.05) is 12.1 Å². The smallest absolute Gasteiger partial charge is 0.354 e. The Morgan fingerprint density at radius 3 is 2.55 bits per heavy atom. The van der Waals surface area contributed by atoms with Crippen molar-refractivity contribution >= 4 is 40.6 Å². The van der Waals surface area contributed by atoms with Crippen LogP contribution in [0.1, 0.15) is 67.9 Å². The number of nitrogens with two attached hydrogens (primary N) is 2. The number of ether oxygens (including phenoxy) is 1. The quantitative estimate of drug-likeness (QED) is 0.108. The number of aryl methyl sites for hydroxylation is 1. The third-order valence-corrected chi connectivity index (χ3v) is 7.19. The van der Waals surface area contributed by atoms with Crippen molar-refractivity contribution in [1.29, 1.82) is 0 Å². The number of aromatic nitrogens is 4. The molecule has 0 fully saturated rings. The molecule has 0 spiro atoms. The first kappa shape index (κ1) is 33.7. The van der Waals surface area contributed by atoms with Crippen LogP contribution in [-0.2, 0) is 17.7 Å². The van der Waals surface area contributed by atoms with Crippen molar-refractivity contribution in [3.05, 3.63) is 102 Å². The van der Waals surface area contributed by atoms with Gasteiger partial charge in [-0.3, -0.25) is 14.4 Å². The Morgan fingerprint density at radius 2 is 1.87 bits per heavy atom. The average molecular weight is 649 g/mol. The number of aromatic hydroxyl groups is 1. The Labute approximate surface area is 264 Å². The molecule has 1 atom stereocenters. The fourth-order valence-electron chi connectivity index (χ4n) is 4.75. The zero-order chi connectivity index (χ0) is 33.3. The van der Waals surface area contributed by atoms with Crippen LogP contribution in [0.4, 0.5) is 21.5 Å². The van der Waals surface area contributed by atoms with Crippen LogP contribution in [-0.4, -0.2) is 55.0 Å². The fourth-order valence-corrected chi connectivity index (χ4v) is 4.75. The SMILES string of the molecule is C.COC(=O)c1ccc2c(c1)CC[C@@H]2N.Nc1c(Nc2cc(CNC(=O)c3cc(C(=O)O)n4nnc(O)c4n3)ccc2F)c(=O)c1=O. The second kappa shape index (κ2) is 13.4. The zero-order valence-electron chi connectivity index (χ0n) is 23.9. The highest BCUT2D eigenvalue weighted by atomic mass is 19.1. The number of carbonyl (C=O) groups is 3. The summed E-state index contributed by atoms with van der Waals surface area (Å²) >= 11 is 0. The van der Waals surface area contributed by atoms with E-state index >= 15 is 0 Å². The van der Waals surface area contributed by atoms with Crippen LogP contribution < -0.4 is 33.0 Å². The van der Waals surface area contributed by atoms with E-state index in [1.54, 1.807) is 6.07 Å². The Balaban J connectivity index is 0.000000279. The number of hydrogen-bond donors (Lipinski definition) is 6. The summed E-state index contributed by atoms with van der Waals surface area (Å²) in [4.78, 5) is 61.7.